The van der Waals surface area contributed by atoms with E-state index in [1.807, 2.05) is 26.0 Å². The zero-order valence-corrected chi connectivity index (χ0v) is 24.3. The molecule has 230 valence electrons. The van der Waals surface area contributed by atoms with E-state index in [2.05, 4.69) is 12.1 Å². The molecule has 2 aliphatic heterocycles. The van der Waals surface area contributed by atoms with E-state index < -0.39 is 34.4 Å². The van der Waals surface area contributed by atoms with Crippen molar-refractivity contribution < 1.29 is 42.3 Å². The Bertz CT molecular complexity index is 1280. The molecule has 3 saturated carbocycles. The number of alkyl halides is 3. The molecular formula is C33H41F3O6. The minimum atomic E-state index is -4.49. The minimum Gasteiger partial charge on any atom is -0.385 e. The van der Waals surface area contributed by atoms with Crippen molar-refractivity contribution in [2.75, 3.05) is 26.4 Å². The highest BCUT2D eigenvalue weighted by Crippen LogP contribution is 2.68. The molecule has 5 fully saturated rings. The predicted molar refractivity (Wildman–Crippen MR) is 147 cm³/mol. The van der Waals surface area contributed by atoms with Crippen molar-refractivity contribution in [3.8, 4) is 0 Å². The average Bonchev–Trinajstić information content (AvgIpc) is 3.65. The van der Waals surface area contributed by atoms with Crippen molar-refractivity contribution >= 4 is 0 Å². The summed E-state index contributed by atoms with van der Waals surface area (Å²) < 4.78 is 63.7. The molecule has 1 aromatic rings. The molecule has 6 aliphatic rings. The van der Waals surface area contributed by atoms with Gasteiger partial charge in [-0.1, -0.05) is 36.8 Å². The largest absolute Gasteiger partial charge is 0.409 e. The third kappa shape index (κ3) is 4.45. The first-order valence-electron chi connectivity index (χ1n) is 15.4. The first-order valence-corrected chi connectivity index (χ1v) is 15.4. The molecular weight excluding hydrogens is 549 g/mol. The van der Waals surface area contributed by atoms with Crippen LogP contribution in [-0.4, -0.2) is 59.8 Å². The molecule has 0 amide bonds. The van der Waals surface area contributed by atoms with Crippen LogP contribution in [0.2, 0.25) is 0 Å². The van der Waals surface area contributed by atoms with E-state index in [0.29, 0.717) is 71.4 Å². The fraction of sp³-hybridized carbons (Fsp3) is 0.697. The number of halogens is 3. The highest BCUT2D eigenvalue weighted by atomic mass is 19.4. The van der Waals surface area contributed by atoms with Gasteiger partial charge in [0.2, 0.25) is 0 Å². The molecule has 0 aromatic heterocycles. The van der Waals surface area contributed by atoms with E-state index in [4.69, 9.17) is 18.9 Å². The second kappa shape index (κ2) is 9.62. The standard InChI is InChI=1S/C33H41F3O6/c1-28-19-24(21-3-5-22(6-4-21)29(2)39-15-16-40-29)27-23(25(28)8-11-31(28,38)13-14-33(34,35)36)7-10-30(37)20-32(12-9-26(27)30)41-17-18-42-32/h3-6,13-14,23-25,37-38H,7-12,15-20H2,1-2H3/b14-13+/t23?,24-,25?,28+,30-,31-/m1/s1. The Hall–Kier alpha value is -1.75. The highest BCUT2D eigenvalue weighted by Gasteiger charge is 2.64. The summed E-state index contributed by atoms with van der Waals surface area (Å²) in [7, 11) is 0. The smallest absolute Gasteiger partial charge is 0.385 e. The first-order chi connectivity index (χ1) is 19.8. The van der Waals surface area contributed by atoms with Gasteiger partial charge in [-0.2, -0.15) is 13.2 Å². The summed E-state index contributed by atoms with van der Waals surface area (Å²) in [4.78, 5) is 0. The SMILES string of the molecule is CC1(c2ccc([C@H]3C[C@@]4(C)C(CC[C@@]4(O)/C=C/C(F)(F)F)C4CC[C@@]5(O)CC6(CCC5=C43)OCCO6)cc2)OCCO1. The van der Waals surface area contributed by atoms with Gasteiger partial charge in [0.25, 0.3) is 0 Å². The second-order valence-electron chi connectivity index (χ2n) is 13.8. The van der Waals surface area contributed by atoms with E-state index >= 15 is 0 Å². The molecule has 9 heteroatoms. The van der Waals surface area contributed by atoms with Crippen LogP contribution in [0.1, 0.15) is 82.3 Å². The van der Waals surface area contributed by atoms with Gasteiger partial charge in [0.05, 0.1) is 37.6 Å². The molecule has 1 aromatic carbocycles. The van der Waals surface area contributed by atoms with E-state index in [9.17, 15) is 23.4 Å². The van der Waals surface area contributed by atoms with Crippen molar-refractivity contribution in [3.63, 3.8) is 0 Å². The molecule has 0 radical (unpaired) electrons. The molecule has 6 nitrogen and oxygen atoms in total. The van der Waals surface area contributed by atoms with Gasteiger partial charge in [-0.15, -0.1) is 0 Å². The molecule has 1 spiro atoms. The number of allylic oxidation sites excluding steroid dienone is 2. The van der Waals surface area contributed by atoms with Crippen LogP contribution in [0.4, 0.5) is 13.2 Å². The number of benzene rings is 1. The molecule has 6 atom stereocenters. The molecule has 7 rings (SSSR count). The van der Waals surface area contributed by atoms with Crippen molar-refractivity contribution in [2.45, 2.75) is 100 Å². The van der Waals surface area contributed by atoms with Crippen molar-refractivity contribution in [2.24, 2.45) is 17.3 Å². The van der Waals surface area contributed by atoms with Crippen LogP contribution in [0.25, 0.3) is 0 Å². The van der Waals surface area contributed by atoms with Crippen LogP contribution >= 0.6 is 0 Å². The van der Waals surface area contributed by atoms with Gasteiger partial charge in [-0.3, -0.25) is 0 Å². The van der Waals surface area contributed by atoms with Crippen LogP contribution in [0.5, 0.6) is 0 Å². The van der Waals surface area contributed by atoms with Crippen LogP contribution in [0, 0.1) is 17.3 Å². The van der Waals surface area contributed by atoms with Crippen LogP contribution in [-0.2, 0) is 24.7 Å². The van der Waals surface area contributed by atoms with Gasteiger partial charge in [0, 0.05) is 35.8 Å². The number of hydrogen-bond donors (Lipinski definition) is 2. The fourth-order valence-corrected chi connectivity index (χ4v) is 9.56. The van der Waals surface area contributed by atoms with Crippen LogP contribution < -0.4 is 0 Å². The topological polar surface area (TPSA) is 77.4 Å². The number of ether oxygens (including phenoxy) is 4. The maximum atomic E-state index is 13.3. The summed E-state index contributed by atoms with van der Waals surface area (Å²) in [5.74, 6) is -1.65. The number of hydrogen-bond acceptors (Lipinski definition) is 6. The lowest BCUT2D eigenvalue weighted by Crippen LogP contribution is -2.55. The van der Waals surface area contributed by atoms with E-state index in [1.165, 1.54) is 5.57 Å². The van der Waals surface area contributed by atoms with Gasteiger partial charge in [0.15, 0.2) is 11.6 Å². The van der Waals surface area contributed by atoms with Crippen molar-refractivity contribution in [1.82, 2.24) is 0 Å². The average molecular weight is 591 g/mol. The molecule has 2 saturated heterocycles. The number of fused-ring (bicyclic) bond motifs is 4. The summed E-state index contributed by atoms with van der Waals surface area (Å²) in [6, 6.07) is 8.13. The van der Waals surface area contributed by atoms with Crippen LogP contribution in [0.3, 0.4) is 0 Å². The lowest BCUT2D eigenvalue weighted by molar-refractivity contribution is -0.208. The highest BCUT2D eigenvalue weighted by molar-refractivity contribution is 5.45. The van der Waals surface area contributed by atoms with Gasteiger partial charge in [-0.05, 0) is 74.5 Å². The summed E-state index contributed by atoms with van der Waals surface area (Å²) in [5.41, 5.74) is 0.810. The van der Waals surface area contributed by atoms with Crippen molar-refractivity contribution in [1.29, 1.82) is 0 Å². The molecule has 2 N–H and O–H groups in total. The van der Waals surface area contributed by atoms with Gasteiger partial charge < -0.3 is 29.2 Å². The molecule has 2 unspecified atom stereocenters. The Morgan fingerprint density at radius 1 is 0.881 bits per heavy atom. The zero-order valence-electron chi connectivity index (χ0n) is 24.3. The van der Waals surface area contributed by atoms with Crippen LogP contribution in [0.15, 0.2) is 47.6 Å². The Morgan fingerprint density at radius 3 is 2.21 bits per heavy atom. The molecule has 42 heavy (non-hydrogen) atoms. The Balaban J connectivity index is 1.32. The minimum absolute atomic E-state index is 0.0111. The summed E-state index contributed by atoms with van der Waals surface area (Å²) in [5, 5.41) is 24.1. The van der Waals surface area contributed by atoms with Gasteiger partial charge >= 0.3 is 6.18 Å². The van der Waals surface area contributed by atoms with E-state index in [1.54, 1.807) is 0 Å². The molecule has 4 aliphatic carbocycles. The van der Waals surface area contributed by atoms with Crippen molar-refractivity contribution in [3.05, 3.63) is 58.7 Å². The van der Waals surface area contributed by atoms with Gasteiger partial charge in [0.1, 0.15) is 0 Å². The fourth-order valence-electron chi connectivity index (χ4n) is 9.56. The third-order valence-corrected chi connectivity index (χ3v) is 11.7. The Labute approximate surface area is 244 Å². The summed E-state index contributed by atoms with van der Waals surface area (Å²) in [6.45, 7) is 5.98. The lowest BCUT2D eigenvalue weighted by Gasteiger charge is -2.57. The van der Waals surface area contributed by atoms with Gasteiger partial charge in [-0.25, -0.2) is 0 Å². The number of aliphatic hydroxyl groups is 2. The Morgan fingerprint density at radius 2 is 1.55 bits per heavy atom. The number of rotatable bonds is 3. The molecule has 0 bridgehead atoms. The van der Waals surface area contributed by atoms with E-state index in [0.717, 1.165) is 22.8 Å². The summed E-state index contributed by atoms with van der Waals surface area (Å²) >= 11 is 0. The monoisotopic (exact) mass is 590 g/mol. The second-order valence-corrected chi connectivity index (χ2v) is 13.8. The van der Waals surface area contributed by atoms with E-state index in [-0.39, 0.29) is 30.3 Å². The predicted octanol–water partition coefficient (Wildman–Crippen LogP) is 6.02. The third-order valence-electron chi connectivity index (χ3n) is 11.7. The quantitative estimate of drug-likeness (QED) is 0.419. The lowest BCUT2D eigenvalue weighted by atomic mass is 9.49. The first kappa shape index (κ1) is 29.0. The Kier molecular flexibility index (Phi) is 6.64. The zero-order chi connectivity index (χ0) is 29.6. The summed E-state index contributed by atoms with van der Waals surface area (Å²) in [6.07, 6.45) is 1.11. The molecule has 2 heterocycles. The normalized spacial score (nSPS) is 40.9. The maximum absolute atomic E-state index is 13.3. The maximum Gasteiger partial charge on any atom is 0.409 e.